The van der Waals surface area contributed by atoms with Crippen molar-refractivity contribution in [2.75, 3.05) is 26.7 Å². The molecule has 1 fully saturated rings. The van der Waals surface area contributed by atoms with Gasteiger partial charge in [0.15, 0.2) is 0 Å². The van der Waals surface area contributed by atoms with Gasteiger partial charge in [-0.1, -0.05) is 35.9 Å². The van der Waals surface area contributed by atoms with Gasteiger partial charge in [-0.3, -0.25) is 0 Å². The monoisotopic (exact) mass is 374 g/mol. The largest absolute Gasteiger partial charge is 0.478 e. The van der Waals surface area contributed by atoms with Gasteiger partial charge >= 0.3 is 5.97 Å². The van der Waals surface area contributed by atoms with Crippen molar-refractivity contribution in [3.05, 3.63) is 70.2 Å². The molecule has 1 aliphatic heterocycles. The molecule has 138 valence electrons. The Balaban J connectivity index is 1.74. The van der Waals surface area contributed by atoms with Crippen LogP contribution in [-0.2, 0) is 11.3 Å². The second-order valence-corrected chi connectivity index (χ2v) is 7.02. The van der Waals surface area contributed by atoms with Crippen molar-refractivity contribution in [1.82, 2.24) is 10.2 Å². The summed E-state index contributed by atoms with van der Waals surface area (Å²) in [7, 11) is 2.10. The van der Waals surface area contributed by atoms with Gasteiger partial charge in [-0.25, -0.2) is 4.79 Å². The van der Waals surface area contributed by atoms with Gasteiger partial charge in [0.2, 0.25) is 0 Å². The second kappa shape index (κ2) is 8.64. The minimum atomic E-state index is -0.915. The second-order valence-electron chi connectivity index (χ2n) is 6.58. The van der Waals surface area contributed by atoms with E-state index in [0.29, 0.717) is 23.7 Å². The molecule has 1 aliphatic rings. The van der Waals surface area contributed by atoms with Gasteiger partial charge in [0.25, 0.3) is 0 Å². The lowest BCUT2D eigenvalue weighted by molar-refractivity contribution is -0.0396. The van der Waals surface area contributed by atoms with Crippen LogP contribution in [0.2, 0.25) is 5.02 Å². The number of ether oxygens (including phenoxy) is 1. The van der Waals surface area contributed by atoms with E-state index >= 15 is 0 Å². The van der Waals surface area contributed by atoms with Crippen LogP contribution in [0.5, 0.6) is 0 Å². The van der Waals surface area contributed by atoms with Gasteiger partial charge in [-0.2, -0.15) is 0 Å². The van der Waals surface area contributed by atoms with E-state index < -0.39 is 5.97 Å². The SMILES string of the molecule is CN1CCOC(C(NCc2ccc(C(=O)O)cc2)c2ccc(Cl)cc2)C1. The fourth-order valence-electron chi connectivity index (χ4n) is 3.14. The Hall–Kier alpha value is -1.92. The first-order chi connectivity index (χ1) is 12.5. The maximum atomic E-state index is 11.0. The lowest BCUT2D eigenvalue weighted by Crippen LogP contribution is -2.46. The maximum absolute atomic E-state index is 11.0. The molecule has 1 saturated heterocycles. The summed E-state index contributed by atoms with van der Waals surface area (Å²) < 4.78 is 6.02. The number of benzene rings is 2. The molecule has 2 atom stereocenters. The van der Waals surface area contributed by atoms with Crippen LogP contribution >= 0.6 is 11.6 Å². The number of nitrogens with one attached hydrogen (secondary N) is 1. The highest BCUT2D eigenvalue weighted by atomic mass is 35.5. The molecule has 5 nitrogen and oxygen atoms in total. The van der Waals surface area contributed by atoms with Crippen molar-refractivity contribution in [2.45, 2.75) is 18.7 Å². The Labute approximate surface area is 158 Å². The maximum Gasteiger partial charge on any atom is 0.335 e. The average Bonchev–Trinajstić information content (AvgIpc) is 2.64. The van der Waals surface area contributed by atoms with Crippen LogP contribution in [0.3, 0.4) is 0 Å². The van der Waals surface area contributed by atoms with Crippen molar-refractivity contribution in [1.29, 1.82) is 0 Å². The van der Waals surface area contributed by atoms with Gasteiger partial charge in [-0.05, 0) is 42.4 Å². The van der Waals surface area contributed by atoms with Crippen LogP contribution in [0.1, 0.15) is 27.5 Å². The number of nitrogens with zero attached hydrogens (tertiary/aromatic N) is 1. The van der Waals surface area contributed by atoms with Gasteiger partial charge < -0.3 is 20.1 Å². The Bertz CT molecular complexity index is 734. The van der Waals surface area contributed by atoms with Crippen molar-refractivity contribution in [3.63, 3.8) is 0 Å². The van der Waals surface area contributed by atoms with E-state index in [1.165, 1.54) is 0 Å². The number of carboxylic acids is 1. The summed E-state index contributed by atoms with van der Waals surface area (Å²) in [6.45, 7) is 3.11. The fourth-order valence-corrected chi connectivity index (χ4v) is 3.27. The van der Waals surface area contributed by atoms with Crippen LogP contribution in [0.25, 0.3) is 0 Å². The van der Waals surface area contributed by atoms with Crippen molar-refractivity contribution >= 4 is 17.6 Å². The summed E-state index contributed by atoms with van der Waals surface area (Å²) in [5, 5.41) is 13.3. The highest BCUT2D eigenvalue weighted by Gasteiger charge is 2.27. The molecule has 6 heteroatoms. The third-order valence-electron chi connectivity index (χ3n) is 4.62. The lowest BCUT2D eigenvalue weighted by Gasteiger charge is -2.36. The molecule has 2 aromatic carbocycles. The molecule has 0 bridgehead atoms. The Morgan fingerprint density at radius 2 is 1.96 bits per heavy atom. The molecule has 2 aromatic rings. The zero-order chi connectivity index (χ0) is 18.5. The van der Waals surface area contributed by atoms with E-state index in [2.05, 4.69) is 17.3 Å². The molecular formula is C20H23ClN2O3. The molecule has 0 spiro atoms. The van der Waals surface area contributed by atoms with Gasteiger partial charge in [0.1, 0.15) is 0 Å². The molecule has 0 aromatic heterocycles. The first-order valence-electron chi connectivity index (χ1n) is 8.64. The number of aromatic carboxylic acids is 1. The average molecular weight is 375 g/mol. The molecule has 2 N–H and O–H groups in total. The van der Waals surface area contributed by atoms with Gasteiger partial charge in [-0.15, -0.1) is 0 Å². The predicted octanol–water partition coefficient (Wildman–Crippen LogP) is 3.20. The lowest BCUT2D eigenvalue weighted by atomic mass is 9.99. The number of hydrogen-bond acceptors (Lipinski definition) is 4. The number of carbonyl (C=O) groups is 1. The highest BCUT2D eigenvalue weighted by Crippen LogP contribution is 2.24. The van der Waals surface area contributed by atoms with E-state index in [1.807, 2.05) is 36.4 Å². The third kappa shape index (κ3) is 4.83. The quantitative estimate of drug-likeness (QED) is 0.813. The molecule has 0 amide bonds. The topological polar surface area (TPSA) is 61.8 Å². The number of carboxylic acid groups (broad SMARTS) is 1. The highest BCUT2D eigenvalue weighted by molar-refractivity contribution is 6.30. The zero-order valence-corrected chi connectivity index (χ0v) is 15.4. The number of morpholine rings is 1. The van der Waals surface area contributed by atoms with E-state index in [4.69, 9.17) is 21.4 Å². The first kappa shape index (κ1) is 18.9. The summed E-state index contributed by atoms with van der Waals surface area (Å²) in [5.74, 6) is -0.915. The summed E-state index contributed by atoms with van der Waals surface area (Å²) >= 11 is 6.03. The van der Waals surface area contributed by atoms with Gasteiger partial charge in [0.05, 0.1) is 24.3 Å². The first-order valence-corrected chi connectivity index (χ1v) is 9.02. The standard InChI is InChI=1S/C20H23ClN2O3/c1-23-10-11-26-18(13-23)19(15-6-8-17(21)9-7-15)22-12-14-2-4-16(5-3-14)20(24)25/h2-9,18-19,22H,10-13H2,1H3,(H,24,25). The normalized spacial score (nSPS) is 19.2. The Kier molecular flexibility index (Phi) is 6.27. The molecule has 0 aliphatic carbocycles. The van der Waals surface area contributed by atoms with Crippen LogP contribution in [0.15, 0.2) is 48.5 Å². The summed E-state index contributed by atoms with van der Waals surface area (Å²) in [4.78, 5) is 13.2. The minimum absolute atomic E-state index is 0.0224. The smallest absolute Gasteiger partial charge is 0.335 e. The molecule has 2 unspecified atom stereocenters. The molecule has 26 heavy (non-hydrogen) atoms. The van der Waals surface area contributed by atoms with Gasteiger partial charge in [0, 0.05) is 24.7 Å². The van der Waals surface area contributed by atoms with E-state index in [1.54, 1.807) is 12.1 Å². The molecule has 0 radical (unpaired) electrons. The van der Waals surface area contributed by atoms with Crippen molar-refractivity contribution < 1.29 is 14.6 Å². The third-order valence-corrected chi connectivity index (χ3v) is 4.88. The summed E-state index contributed by atoms with van der Waals surface area (Å²) in [5.41, 5.74) is 2.44. The van der Waals surface area contributed by atoms with Crippen LogP contribution in [-0.4, -0.2) is 48.8 Å². The fraction of sp³-hybridized carbons (Fsp3) is 0.350. The molecule has 3 rings (SSSR count). The van der Waals surface area contributed by atoms with Crippen molar-refractivity contribution in [3.8, 4) is 0 Å². The van der Waals surface area contributed by atoms with E-state index in [0.717, 1.165) is 24.2 Å². The van der Waals surface area contributed by atoms with Crippen molar-refractivity contribution in [2.24, 2.45) is 0 Å². The van der Waals surface area contributed by atoms with Crippen LogP contribution in [0, 0.1) is 0 Å². The number of hydrogen-bond donors (Lipinski definition) is 2. The van der Waals surface area contributed by atoms with E-state index in [-0.39, 0.29) is 12.1 Å². The Morgan fingerprint density at radius 3 is 2.58 bits per heavy atom. The minimum Gasteiger partial charge on any atom is -0.478 e. The number of halogens is 1. The number of likely N-dealkylation sites (N-methyl/N-ethyl adjacent to an activating group) is 1. The zero-order valence-electron chi connectivity index (χ0n) is 14.7. The molecule has 0 saturated carbocycles. The molecular weight excluding hydrogens is 352 g/mol. The summed E-state index contributed by atoms with van der Waals surface area (Å²) in [6.07, 6.45) is 0.0354. The van der Waals surface area contributed by atoms with E-state index in [9.17, 15) is 4.79 Å². The van der Waals surface area contributed by atoms with Crippen LogP contribution in [0.4, 0.5) is 0 Å². The predicted molar refractivity (Wildman–Crippen MR) is 102 cm³/mol. The Morgan fingerprint density at radius 1 is 1.27 bits per heavy atom. The number of rotatable bonds is 6. The van der Waals surface area contributed by atoms with Crippen LogP contribution < -0.4 is 5.32 Å². The summed E-state index contributed by atoms with van der Waals surface area (Å²) in [6, 6.07) is 14.8. The molecule has 1 heterocycles.